The summed E-state index contributed by atoms with van der Waals surface area (Å²) in [7, 11) is 3.03. The van der Waals surface area contributed by atoms with Crippen LogP contribution < -0.4 is 25.4 Å². The van der Waals surface area contributed by atoms with E-state index in [9.17, 15) is 22.8 Å². The number of fused-ring (bicyclic) bond motifs is 1. The first-order valence-corrected chi connectivity index (χ1v) is 11.8. The van der Waals surface area contributed by atoms with E-state index in [4.69, 9.17) is 9.47 Å². The summed E-state index contributed by atoms with van der Waals surface area (Å²) in [5.74, 6) is 0.959. The number of aromatic nitrogens is 1. The van der Waals surface area contributed by atoms with Crippen LogP contribution in [0.2, 0.25) is 0 Å². The molecule has 0 atom stereocenters. The number of hydrogen-bond donors (Lipinski definition) is 3. The van der Waals surface area contributed by atoms with Gasteiger partial charge in [0, 0.05) is 34.3 Å². The summed E-state index contributed by atoms with van der Waals surface area (Å²) in [4.78, 5) is 28.9. The lowest BCUT2D eigenvalue weighted by atomic mass is 10.1. The highest BCUT2D eigenvalue weighted by Crippen LogP contribution is 2.36. The summed E-state index contributed by atoms with van der Waals surface area (Å²) in [6, 6.07) is 15.6. The highest BCUT2D eigenvalue weighted by atomic mass is 79.9. The number of nitrogens with one attached hydrogen (secondary N) is 3. The Morgan fingerprint density at radius 3 is 2.21 bits per heavy atom. The first kappa shape index (κ1) is 26.7. The van der Waals surface area contributed by atoms with Gasteiger partial charge in [0.05, 0.1) is 18.2 Å². The van der Waals surface area contributed by atoms with Crippen molar-refractivity contribution >= 4 is 50.1 Å². The molecule has 4 aromatic rings. The van der Waals surface area contributed by atoms with E-state index in [2.05, 4.69) is 36.9 Å². The Balaban J connectivity index is 1.51. The molecule has 0 fully saturated rings. The number of rotatable bonds is 6. The number of pyridine rings is 1. The minimum atomic E-state index is -4.57. The standard InChI is InChI=1S/C26H20BrF3N4O4/c1-31-24(35)22-13-23(18-12-17(37-2)8-10-21(18)34-22)38-16-6-3-14(4-7-16)32-25(36)33-15-5-9-20(27)19(11-15)26(28,29)30/h3-13H,1-2H3,(H,31,35)(H2,32,33,36). The van der Waals surface area contributed by atoms with Crippen LogP contribution in [0.25, 0.3) is 10.9 Å². The number of methoxy groups -OCH3 is 1. The summed E-state index contributed by atoms with van der Waals surface area (Å²) in [5.41, 5.74) is 0.132. The van der Waals surface area contributed by atoms with Crippen molar-refractivity contribution in [2.75, 3.05) is 24.8 Å². The second-order valence-electron chi connectivity index (χ2n) is 7.87. The van der Waals surface area contributed by atoms with E-state index in [1.807, 2.05) is 0 Å². The molecule has 0 aliphatic rings. The summed E-state index contributed by atoms with van der Waals surface area (Å²) in [6.45, 7) is 0. The van der Waals surface area contributed by atoms with E-state index in [1.165, 1.54) is 32.4 Å². The predicted octanol–water partition coefficient (Wildman–Crippen LogP) is 6.82. The molecular formula is C26H20BrF3N4O4. The lowest BCUT2D eigenvalue weighted by Crippen LogP contribution is -2.20. The van der Waals surface area contributed by atoms with Crippen molar-refractivity contribution in [2.45, 2.75) is 6.18 Å². The number of anilines is 2. The molecule has 0 aliphatic carbocycles. The number of carbonyl (C=O) groups excluding carboxylic acids is 2. The molecule has 0 unspecified atom stereocenters. The number of alkyl halides is 3. The van der Waals surface area contributed by atoms with Crippen LogP contribution in [0.3, 0.4) is 0 Å². The fourth-order valence-corrected chi connectivity index (χ4v) is 3.95. The van der Waals surface area contributed by atoms with Gasteiger partial charge in [0.1, 0.15) is 22.9 Å². The zero-order valence-electron chi connectivity index (χ0n) is 19.9. The number of benzene rings is 3. The quantitative estimate of drug-likeness (QED) is 0.229. The number of ether oxygens (including phenoxy) is 2. The van der Waals surface area contributed by atoms with Crippen LogP contribution in [0.1, 0.15) is 16.1 Å². The van der Waals surface area contributed by atoms with E-state index >= 15 is 0 Å². The van der Waals surface area contributed by atoms with E-state index < -0.39 is 17.8 Å². The van der Waals surface area contributed by atoms with Crippen molar-refractivity contribution in [3.8, 4) is 17.2 Å². The van der Waals surface area contributed by atoms with Gasteiger partial charge < -0.3 is 25.4 Å². The van der Waals surface area contributed by atoms with Gasteiger partial charge in [0.2, 0.25) is 0 Å². The molecule has 0 spiro atoms. The predicted molar refractivity (Wildman–Crippen MR) is 140 cm³/mol. The molecule has 196 valence electrons. The average Bonchev–Trinajstić information content (AvgIpc) is 2.89. The molecule has 0 radical (unpaired) electrons. The van der Waals surface area contributed by atoms with Gasteiger partial charge in [0.15, 0.2) is 0 Å². The summed E-state index contributed by atoms with van der Waals surface area (Å²) in [6.07, 6.45) is -4.57. The van der Waals surface area contributed by atoms with E-state index in [1.54, 1.807) is 42.5 Å². The molecule has 3 aromatic carbocycles. The Hall–Kier alpha value is -4.32. The third-order valence-electron chi connectivity index (χ3n) is 5.31. The second-order valence-corrected chi connectivity index (χ2v) is 8.72. The highest BCUT2D eigenvalue weighted by Gasteiger charge is 2.33. The maximum Gasteiger partial charge on any atom is 0.417 e. The third-order valence-corrected chi connectivity index (χ3v) is 6.00. The van der Waals surface area contributed by atoms with Gasteiger partial charge in [-0.1, -0.05) is 15.9 Å². The number of urea groups is 1. The van der Waals surface area contributed by atoms with Crippen molar-refractivity contribution in [1.82, 2.24) is 10.3 Å². The summed E-state index contributed by atoms with van der Waals surface area (Å²) in [5, 5.41) is 8.08. The van der Waals surface area contributed by atoms with Crippen molar-refractivity contribution in [3.63, 3.8) is 0 Å². The van der Waals surface area contributed by atoms with Crippen molar-refractivity contribution in [2.24, 2.45) is 0 Å². The van der Waals surface area contributed by atoms with Gasteiger partial charge in [-0.05, 0) is 60.7 Å². The molecule has 12 heteroatoms. The summed E-state index contributed by atoms with van der Waals surface area (Å²) < 4.78 is 50.5. The number of carbonyl (C=O) groups is 2. The maximum atomic E-state index is 13.1. The SMILES string of the molecule is CNC(=O)c1cc(Oc2ccc(NC(=O)Nc3ccc(Br)c(C(F)(F)F)c3)cc2)c2cc(OC)ccc2n1. The zero-order valence-corrected chi connectivity index (χ0v) is 21.5. The molecular weight excluding hydrogens is 569 g/mol. The minimum Gasteiger partial charge on any atom is -0.497 e. The molecule has 3 N–H and O–H groups in total. The van der Waals surface area contributed by atoms with Gasteiger partial charge in [-0.3, -0.25) is 4.79 Å². The molecule has 1 heterocycles. The molecule has 4 rings (SSSR count). The zero-order chi connectivity index (χ0) is 27.4. The maximum absolute atomic E-state index is 13.1. The van der Waals surface area contributed by atoms with Gasteiger partial charge >= 0.3 is 12.2 Å². The Kier molecular flexibility index (Phi) is 7.72. The average molecular weight is 589 g/mol. The Labute approximate surface area is 223 Å². The molecule has 0 saturated heterocycles. The minimum absolute atomic E-state index is 0.0232. The second kappa shape index (κ2) is 11.0. The topological polar surface area (TPSA) is 102 Å². The smallest absolute Gasteiger partial charge is 0.417 e. The molecule has 0 saturated carbocycles. The fourth-order valence-electron chi connectivity index (χ4n) is 3.48. The van der Waals surface area contributed by atoms with Crippen LogP contribution in [-0.2, 0) is 6.18 Å². The number of amides is 3. The fraction of sp³-hybridized carbons (Fsp3) is 0.115. The first-order chi connectivity index (χ1) is 18.1. The van der Waals surface area contributed by atoms with Gasteiger partial charge in [-0.25, -0.2) is 9.78 Å². The molecule has 38 heavy (non-hydrogen) atoms. The van der Waals surface area contributed by atoms with Gasteiger partial charge in [-0.15, -0.1) is 0 Å². The van der Waals surface area contributed by atoms with Crippen molar-refractivity contribution in [3.05, 3.63) is 82.5 Å². The first-order valence-electron chi connectivity index (χ1n) is 11.0. The lowest BCUT2D eigenvalue weighted by molar-refractivity contribution is -0.138. The van der Waals surface area contributed by atoms with Crippen molar-refractivity contribution < 1.29 is 32.2 Å². The Morgan fingerprint density at radius 1 is 0.895 bits per heavy atom. The van der Waals surface area contributed by atoms with Crippen LogP contribution in [-0.4, -0.2) is 31.1 Å². The van der Waals surface area contributed by atoms with Crippen LogP contribution >= 0.6 is 15.9 Å². The molecule has 3 amide bonds. The van der Waals surface area contributed by atoms with Crippen LogP contribution in [0.15, 0.2) is 71.2 Å². The highest BCUT2D eigenvalue weighted by molar-refractivity contribution is 9.10. The van der Waals surface area contributed by atoms with Crippen LogP contribution in [0.4, 0.5) is 29.3 Å². The molecule has 8 nitrogen and oxygen atoms in total. The number of nitrogens with zero attached hydrogens (tertiary/aromatic N) is 1. The molecule has 0 aliphatic heterocycles. The lowest BCUT2D eigenvalue weighted by Gasteiger charge is -2.13. The Morgan fingerprint density at radius 2 is 1.55 bits per heavy atom. The normalized spacial score (nSPS) is 11.1. The molecule has 0 bridgehead atoms. The monoisotopic (exact) mass is 588 g/mol. The molecule has 1 aromatic heterocycles. The van der Waals surface area contributed by atoms with E-state index in [0.29, 0.717) is 33.8 Å². The van der Waals surface area contributed by atoms with E-state index in [-0.39, 0.29) is 21.8 Å². The van der Waals surface area contributed by atoms with Crippen molar-refractivity contribution in [1.29, 1.82) is 0 Å². The van der Waals surface area contributed by atoms with Gasteiger partial charge in [0.25, 0.3) is 5.91 Å². The van der Waals surface area contributed by atoms with Gasteiger partial charge in [-0.2, -0.15) is 13.2 Å². The summed E-state index contributed by atoms with van der Waals surface area (Å²) >= 11 is 2.86. The third kappa shape index (κ3) is 6.14. The number of hydrogen-bond acceptors (Lipinski definition) is 5. The van der Waals surface area contributed by atoms with E-state index in [0.717, 1.165) is 6.07 Å². The largest absolute Gasteiger partial charge is 0.497 e. The van der Waals surface area contributed by atoms with Crippen LogP contribution in [0, 0.1) is 0 Å². The van der Waals surface area contributed by atoms with Crippen LogP contribution in [0.5, 0.6) is 17.2 Å². The Bertz CT molecular complexity index is 1510. The number of halogens is 4.